The van der Waals surface area contributed by atoms with Crippen molar-refractivity contribution < 1.29 is 17.9 Å². The predicted molar refractivity (Wildman–Crippen MR) is 69.4 cm³/mol. The number of alkyl halides is 3. The van der Waals surface area contributed by atoms with E-state index in [1.807, 2.05) is 0 Å². The van der Waals surface area contributed by atoms with Crippen molar-refractivity contribution in [1.29, 1.82) is 0 Å². The molecule has 0 unspecified atom stereocenters. The molecule has 106 valence electrons. The molecule has 0 bridgehead atoms. The van der Waals surface area contributed by atoms with Crippen LogP contribution >= 0.6 is 15.9 Å². The summed E-state index contributed by atoms with van der Waals surface area (Å²) in [5.41, 5.74) is 0.606. The zero-order valence-electron chi connectivity index (χ0n) is 10.1. The van der Waals surface area contributed by atoms with Crippen LogP contribution in [0.4, 0.5) is 13.2 Å². The molecule has 0 fully saturated rings. The lowest BCUT2D eigenvalue weighted by atomic mass is 10.2. The maximum atomic E-state index is 12.0. The lowest BCUT2D eigenvalue weighted by Gasteiger charge is -2.09. The van der Waals surface area contributed by atoms with Crippen molar-refractivity contribution in [2.45, 2.75) is 13.3 Å². The van der Waals surface area contributed by atoms with Crippen LogP contribution in [0.3, 0.4) is 0 Å². The zero-order chi connectivity index (χ0) is 14.9. The summed E-state index contributed by atoms with van der Waals surface area (Å²) >= 11 is 3.08. The van der Waals surface area contributed by atoms with Crippen LogP contribution in [0.15, 0.2) is 33.5 Å². The van der Waals surface area contributed by atoms with Gasteiger partial charge in [-0.15, -0.1) is 13.2 Å². The summed E-state index contributed by atoms with van der Waals surface area (Å²) in [5.74, 6) is -0.0633. The van der Waals surface area contributed by atoms with Crippen molar-refractivity contribution in [1.82, 2.24) is 9.97 Å². The minimum absolute atomic E-state index is 0.272. The van der Waals surface area contributed by atoms with E-state index in [1.54, 1.807) is 6.92 Å². The summed E-state index contributed by atoms with van der Waals surface area (Å²) in [4.78, 5) is 18.2. The molecule has 1 aromatic heterocycles. The molecule has 2 rings (SSSR count). The number of hydrogen-bond acceptors (Lipinski definition) is 3. The van der Waals surface area contributed by atoms with Gasteiger partial charge in [-0.25, -0.2) is 4.98 Å². The van der Waals surface area contributed by atoms with Crippen LogP contribution in [0.2, 0.25) is 0 Å². The monoisotopic (exact) mass is 348 g/mol. The molecule has 1 N–H and O–H groups in total. The molecule has 0 saturated heterocycles. The first-order chi connectivity index (χ1) is 9.26. The Labute approximate surface area is 119 Å². The van der Waals surface area contributed by atoms with Crippen LogP contribution in [-0.2, 0) is 0 Å². The number of benzene rings is 1. The first-order valence-corrected chi connectivity index (χ1v) is 6.18. The number of aromatic amines is 1. The van der Waals surface area contributed by atoms with E-state index in [-0.39, 0.29) is 17.1 Å². The minimum atomic E-state index is -4.73. The lowest BCUT2D eigenvalue weighted by Crippen LogP contribution is -2.17. The van der Waals surface area contributed by atoms with E-state index in [9.17, 15) is 18.0 Å². The summed E-state index contributed by atoms with van der Waals surface area (Å²) in [6.45, 7) is 1.64. The van der Waals surface area contributed by atoms with Crippen LogP contribution in [-0.4, -0.2) is 16.3 Å². The molecule has 0 aliphatic rings. The number of aromatic nitrogens is 2. The molecule has 0 spiro atoms. The number of halogens is 4. The minimum Gasteiger partial charge on any atom is -0.406 e. The maximum absolute atomic E-state index is 12.0. The Morgan fingerprint density at radius 1 is 1.25 bits per heavy atom. The van der Waals surface area contributed by atoms with Crippen LogP contribution in [0.5, 0.6) is 5.75 Å². The van der Waals surface area contributed by atoms with E-state index in [4.69, 9.17) is 0 Å². The van der Waals surface area contributed by atoms with E-state index >= 15 is 0 Å². The molecular formula is C12H8BrF3N2O2. The van der Waals surface area contributed by atoms with Gasteiger partial charge < -0.3 is 9.72 Å². The molecule has 2 aromatic rings. The first kappa shape index (κ1) is 14.6. The van der Waals surface area contributed by atoms with Gasteiger partial charge >= 0.3 is 6.36 Å². The Hall–Kier alpha value is -1.83. The Morgan fingerprint density at radius 2 is 1.85 bits per heavy atom. The van der Waals surface area contributed by atoms with Gasteiger partial charge in [-0.3, -0.25) is 4.79 Å². The van der Waals surface area contributed by atoms with Gasteiger partial charge in [0.1, 0.15) is 16.0 Å². The molecule has 0 aliphatic carbocycles. The fraction of sp³-hybridized carbons (Fsp3) is 0.167. The molecule has 20 heavy (non-hydrogen) atoms. The molecule has 8 heteroatoms. The number of H-pyrrole nitrogens is 1. The third-order valence-corrected chi connectivity index (χ3v) is 3.32. The summed E-state index contributed by atoms with van der Waals surface area (Å²) in [7, 11) is 0. The number of aryl methyl sites for hydroxylation is 1. The standard InChI is InChI=1S/C12H8BrF3N2O2/c1-6-9(13)11(19)18-10(17-6)7-2-4-8(5-3-7)20-12(14,15)16/h2-5H,1H3,(H,17,18,19). The summed E-state index contributed by atoms with van der Waals surface area (Å²) in [6.07, 6.45) is -4.73. The van der Waals surface area contributed by atoms with Gasteiger partial charge in [0.2, 0.25) is 0 Å². The number of nitrogens with one attached hydrogen (secondary N) is 1. The van der Waals surface area contributed by atoms with Crippen molar-refractivity contribution in [3.05, 3.63) is 44.8 Å². The highest BCUT2D eigenvalue weighted by Crippen LogP contribution is 2.25. The second-order valence-electron chi connectivity index (χ2n) is 3.89. The third kappa shape index (κ3) is 3.38. The number of ether oxygens (including phenoxy) is 1. The van der Waals surface area contributed by atoms with Crippen molar-refractivity contribution in [3.8, 4) is 17.1 Å². The zero-order valence-corrected chi connectivity index (χ0v) is 11.7. The SMILES string of the molecule is Cc1nc(-c2ccc(OC(F)(F)F)cc2)[nH]c(=O)c1Br. The molecule has 1 aromatic carbocycles. The summed E-state index contributed by atoms with van der Waals surface area (Å²) < 4.78 is 40.2. The molecule has 0 atom stereocenters. The molecule has 0 aliphatic heterocycles. The highest BCUT2D eigenvalue weighted by atomic mass is 79.9. The van der Waals surface area contributed by atoms with Gasteiger partial charge in [0.25, 0.3) is 5.56 Å². The molecule has 1 heterocycles. The van der Waals surface area contributed by atoms with Gasteiger partial charge in [0, 0.05) is 5.56 Å². The highest BCUT2D eigenvalue weighted by molar-refractivity contribution is 9.10. The number of hydrogen-bond donors (Lipinski definition) is 1. The maximum Gasteiger partial charge on any atom is 0.573 e. The van der Waals surface area contributed by atoms with Gasteiger partial charge in [-0.2, -0.15) is 0 Å². The average molecular weight is 349 g/mol. The lowest BCUT2D eigenvalue weighted by molar-refractivity contribution is -0.274. The fourth-order valence-electron chi connectivity index (χ4n) is 1.52. The molecule has 0 radical (unpaired) electrons. The fourth-order valence-corrected chi connectivity index (χ4v) is 1.71. The van der Waals surface area contributed by atoms with E-state index < -0.39 is 6.36 Å². The Kier molecular flexibility index (Phi) is 3.85. The second kappa shape index (κ2) is 5.28. The van der Waals surface area contributed by atoms with Gasteiger partial charge in [0.15, 0.2) is 0 Å². The topological polar surface area (TPSA) is 55.0 Å². The number of rotatable bonds is 2. The molecule has 0 amide bonds. The first-order valence-electron chi connectivity index (χ1n) is 5.39. The van der Waals surface area contributed by atoms with Crippen molar-refractivity contribution in [3.63, 3.8) is 0 Å². The quantitative estimate of drug-likeness (QED) is 0.904. The Morgan fingerprint density at radius 3 is 2.35 bits per heavy atom. The largest absolute Gasteiger partial charge is 0.573 e. The van der Waals surface area contributed by atoms with Crippen molar-refractivity contribution >= 4 is 15.9 Å². The van der Waals surface area contributed by atoms with Gasteiger partial charge in [-0.1, -0.05) is 0 Å². The molecule has 4 nitrogen and oxygen atoms in total. The van der Waals surface area contributed by atoms with Crippen molar-refractivity contribution in [2.75, 3.05) is 0 Å². The Bertz CT molecular complexity index is 681. The van der Waals surface area contributed by atoms with Gasteiger partial charge in [0.05, 0.1) is 5.69 Å². The van der Waals surface area contributed by atoms with E-state index in [2.05, 4.69) is 30.6 Å². The normalized spacial score (nSPS) is 11.4. The number of nitrogens with zero attached hydrogens (tertiary/aromatic N) is 1. The highest BCUT2D eigenvalue weighted by Gasteiger charge is 2.30. The Balaban J connectivity index is 2.33. The third-order valence-electron chi connectivity index (χ3n) is 2.39. The summed E-state index contributed by atoms with van der Waals surface area (Å²) in [5, 5.41) is 0. The smallest absolute Gasteiger partial charge is 0.406 e. The average Bonchev–Trinajstić information content (AvgIpc) is 2.34. The van der Waals surface area contributed by atoms with Crippen LogP contribution in [0.1, 0.15) is 5.69 Å². The van der Waals surface area contributed by atoms with E-state index in [0.717, 1.165) is 12.1 Å². The van der Waals surface area contributed by atoms with E-state index in [1.165, 1.54) is 12.1 Å². The summed E-state index contributed by atoms with van der Waals surface area (Å²) in [6, 6.07) is 5.07. The van der Waals surface area contributed by atoms with Crippen LogP contribution in [0.25, 0.3) is 11.4 Å². The van der Waals surface area contributed by atoms with Crippen molar-refractivity contribution in [2.24, 2.45) is 0 Å². The second-order valence-corrected chi connectivity index (χ2v) is 4.68. The molecular weight excluding hydrogens is 341 g/mol. The van der Waals surface area contributed by atoms with E-state index in [0.29, 0.717) is 15.7 Å². The predicted octanol–water partition coefficient (Wildman–Crippen LogP) is 3.41. The molecule has 0 saturated carbocycles. The van der Waals surface area contributed by atoms with Gasteiger partial charge in [-0.05, 0) is 47.1 Å². The van der Waals surface area contributed by atoms with Crippen LogP contribution < -0.4 is 10.3 Å². The van der Waals surface area contributed by atoms with Crippen LogP contribution in [0, 0.1) is 6.92 Å².